The highest BCUT2D eigenvalue weighted by Gasteiger charge is 2.24. The van der Waals surface area contributed by atoms with Crippen molar-refractivity contribution in [1.29, 1.82) is 0 Å². The number of nitrogens with zero attached hydrogens (tertiary/aromatic N) is 4. The average molecular weight is 815 g/mol. The largest absolute Gasteiger partial charge is 0.308 e. The summed E-state index contributed by atoms with van der Waals surface area (Å²) in [6.07, 6.45) is 0. The van der Waals surface area contributed by atoms with Crippen molar-refractivity contribution in [3.8, 4) is 73.2 Å². The molecule has 62 heavy (non-hydrogen) atoms. The molecule has 12 aromatic rings. The fraction of sp³-hybridized carbons (Fsp3) is 0. The van der Waals surface area contributed by atoms with E-state index in [1.54, 1.807) is 15.9 Å². The summed E-state index contributed by atoms with van der Waals surface area (Å²) in [4.78, 5) is 15.8. The van der Waals surface area contributed by atoms with Gasteiger partial charge in [-0.2, -0.15) is 0 Å². The molecule has 5 heteroatoms. The van der Waals surface area contributed by atoms with Crippen LogP contribution in [0.4, 0.5) is 0 Å². The van der Waals surface area contributed by atoms with Crippen molar-refractivity contribution < 1.29 is 8.22 Å². The van der Waals surface area contributed by atoms with Crippen LogP contribution in [0, 0.1) is 0 Å². The van der Waals surface area contributed by atoms with E-state index in [4.69, 9.17) is 17.7 Å². The van der Waals surface area contributed by atoms with E-state index in [1.165, 1.54) is 12.1 Å². The third-order valence-electron chi connectivity index (χ3n) is 11.4. The number of thiophene rings is 1. The lowest BCUT2D eigenvalue weighted by Crippen LogP contribution is -2.05. The maximum absolute atomic E-state index is 9.50. The van der Waals surface area contributed by atoms with Gasteiger partial charge in [-0.1, -0.05) is 188 Å². The highest BCUT2D eigenvalue weighted by Crippen LogP contribution is 2.46. The van der Waals surface area contributed by atoms with E-state index in [1.807, 2.05) is 97.1 Å². The fourth-order valence-electron chi connectivity index (χ4n) is 8.54. The molecule has 0 bridgehead atoms. The zero-order chi connectivity index (χ0) is 46.2. The summed E-state index contributed by atoms with van der Waals surface area (Å²) in [5.41, 5.74) is 8.89. The summed E-state index contributed by atoms with van der Waals surface area (Å²) >= 11 is 1.68. The van der Waals surface area contributed by atoms with E-state index in [0.717, 1.165) is 64.7 Å². The lowest BCUT2D eigenvalue weighted by molar-refractivity contribution is 1.06. The van der Waals surface area contributed by atoms with Gasteiger partial charge in [0.15, 0.2) is 17.5 Å². The lowest BCUT2D eigenvalue weighted by atomic mass is 9.97. The molecule has 0 fully saturated rings. The van der Waals surface area contributed by atoms with Crippen LogP contribution in [0.15, 0.2) is 218 Å². The van der Waals surface area contributed by atoms with Crippen LogP contribution in [0.25, 0.3) is 115 Å². The topological polar surface area (TPSA) is 43.6 Å². The number of fused-ring (bicyclic) bond motifs is 6. The van der Waals surface area contributed by atoms with Crippen LogP contribution < -0.4 is 0 Å². The molecule has 290 valence electrons. The van der Waals surface area contributed by atoms with Gasteiger partial charge in [-0.05, 0) is 52.5 Å². The van der Waals surface area contributed by atoms with Crippen molar-refractivity contribution in [3.05, 3.63) is 218 Å². The molecule has 0 spiro atoms. The Morgan fingerprint density at radius 2 is 0.887 bits per heavy atom. The molecule has 0 unspecified atom stereocenters. The summed E-state index contributed by atoms with van der Waals surface area (Å²) < 4.78 is 59.0. The van der Waals surface area contributed by atoms with E-state index in [9.17, 15) is 5.48 Å². The van der Waals surface area contributed by atoms with Gasteiger partial charge in [-0.25, -0.2) is 15.0 Å². The van der Waals surface area contributed by atoms with Gasteiger partial charge in [0.2, 0.25) is 0 Å². The van der Waals surface area contributed by atoms with Crippen LogP contribution in [0.2, 0.25) is 0 Å². The third kappa shape index (κ3) is 6.09. The minimum absolute atomic E-state index is 0.0587. The highest BCUT2D eigenvalue weighted by atomic mass is 32.1. The van der Waals surface area contributed by atoms with Gasteiger partial charge in [0.05, 0.1) is 24.9 Å². The fourth-order valence-corrected chi connectivity index (χ4v) is 9.78. The van der Waals surface area contributed by atoms with Gasteiger partial charge in [0, 0.05) is 58.8 Å². The van der Waals surface area contributed by atoms with Crippen molar-refractivity contribution in [3.63, 3.8) is 0 Å². The zero-order valence-corrected chi connectivity index (χ0v) is 33.8. The van der Waals surface area contributed by atoms with Crippen molar-refractivity contribution in [2.24, 2.45) is 0 Å². The maximum atomic E-state index is 9.50. The smallest absolute Gasteiger partial charge is 0.166 e. The monoisotopic (exact) mass is 814 g/mol. The Morgan fingerprint density at radius 3 is 1.63 bits per heavy atom. The summed E-state index contributed by atoms with van der Waals surface area (Å²) in [5, 5.41) is 2.53. The number of rotatable bonds is 7. The van der Waals surface area contributed by atoms with Gasteiger partial charge in [-0.3, -0.25) is 0 Å². The van der Waals surface area contributed by atoms with Crippen LogP contribution in [0.3, 0.4) is 0 Å². The molecule has 9 aromatic carbocycles. The highest BCUT2D eigenvalue weighted by molar-refractivity contribution is 7.26. The van der Waals surface area contributed by atoms with E-state index < -0.39 is 0 Å². The summed E-state index contributed by atoms with van der Waals surface area (Å²) in [7, 11) is 0. The van der Waals surface area contributed by atoms with Gasteiger partial charge >= 0.3 is 0 Å². The Bertz CT molecular complexity index is 3910. The standard InChI is InChI=1S/C57H36N4S/c1-3-16-37(17-4-1)39-32-34-40(35-33-39)55-58-56(42-21-13-20-41(36-42)38-18-5-2-6-19-38)60-57(59-55)49-28-14-25-46(48-27-15-26-47-45-24-9-12-31-52(45)62-54(47)48)53(49)61-50-29-10-7-22-43(50)44-23-8-11-30-51(44)61/h1-36H/i7D,8D,22D,23D,29D,30D. The predicted octanol–water partition coefficient (Wildman–Crippen LogP) is 15.3. The second-order valence-electron chi connectivity index (χ2n) is 15.1. The van der Waals surface area contributed by atoms with Crippen molar-refractivity contribution in [1.82, 2.24) is 19.5 Å². The van der Waals surface area contributed by atoms with Crippen molar-refractivity contribution in [2.75, 3.05) is 0 Å². The second kappa shape index (κ2) is 14.9. The van der Waals surface area contributed by atoms with Crippen LogP contribution in [-0.2, 0) is 0 Å². The number of benzene rings is 9. The quantitative estimate of drug-likeness (QED) is 0.161. The first-order chi connectivity index (χ1) is 33.2. The van der Waals surface area contributed by atoms with Gasteiger partial charge in [0.1, 0.15) is 0 Å². The molecule has 0 N–H and O–H groups in total. The van der Waals surface area contributed by atoms with E-state index in [-0.39, 0.29) is 58.1 Å². The SMILES string of the molecule is [2H]c1cc([2H])c2c(c1[2H])c1c([2H])c([2H])cc([2H])c1n2-c1c(-c2nc(-c3ccc(-c4ccccc4)cc3)nc(-c3cccc(-c4ccccc4)c3)n2)cccc1-c1cccc2c1sc1ccccc12. The normalized spacial score (nSPS) is 12.9. The molecule has 0 saturated carbocycles. The van der Waals surface area contributed by atoms with Gasteiger partial charge in [0.25, 0.3) is 0 Å². The zero-order valence-electron chi connectivity index (χ0n) is 39.0. The Labute approximate surface area is 371 Å². The van der Waals surface area contributed by atoms with Crippen LogP contribution in [0.1, 0.15) is 8.22 Å². The number of hydrogen-bond donors (Lipinski definition) is 0. The molecule has 12 rings (SSSR count). The molecular weight excluding hydrogens is 773 g/mol. The molecule has 0 amide bonds. The first-order valence-corrected chi connectivity index (χ1v) is 21.2. The van der Waals surface area contributed by atoms with Gasteiger partial charge < -0.3 is 4.57 Å². The molecule has 0 aliphatic carbocycles. The second-order valence-corrected chi connectivity index (χ2v) is 16.1. The van der Waals surface area contributed by atoms with Gasteiger partial charge in [-0.15, -0.1) is 11.3 Å². The molecule has 0 saturated heterocycles. The summed E-state index contributed by atoms with van der Waals surface area (Å²) in [5.74, 6) is 1.19. The van der Waals surface area contributed by atoms with Crippen LogP contribution in [0.5, 0.6) is 0 Å². The Hall–Kier alpha value is -7.99. The molecule has 0 atom stereocenters. The molecule has 0 radical (unpaired) electrons. The maximum Gasteiger partial charge on any atom is 0.166 e. The molecule has 3 heterocycles. The molecule has 4 nitrogen and oxygen atoms in total. The molecular formula is C57H36N4S. The number of para-hydroxylation sites is 3. The van der Waals surface area contributed by atoms with E-state index >= 15 is 0 Å². The first kappa shape index (κ1) is 30.1. The minimum atomic E-state index is -0.189. The lowest BCUT2D eigenvalue weighted by Gasteiger charge is -2.19. The average Bonchev–Trinajstić information content (AvgIpc) is 3.95. The number of hydrogen-bond acceptors (Lipinski definition) is 4. The van der Waals surface area contributed by atoms with Crippen molar-refractivity contribution >= 4 is 53.3 Å². The summed E-state index contributed by atoms with van der Waals surface area (Å²) in [6, 6.07) is 58.8. The summed E-state index contributed by atoms with van der Waals surface area (Å²) in [6.45, 7) is 0. The van der Waals surface area contributed by atoms with E-state index in [2.05, 4.69) is 72.8 Å². The Morgan fingerprint density at radius 1 is 0.371 bits per heavy atom. The first-order valence-electron chi connectivity index (χ1n) is 23.4. The third-order valence-corrected chi connectivity index (χ3v) is 12.7. The molecule has 3 aromatic heterocycles. The van der Waals surface area contributed by atoms with E-state index in [0.29, 0.717) is 28.7 Å². The van der Waals surface area contributed by atoms with Crippen LogP contribution >= 0.6 is 11.3 Å². The number of aromatic nitrogens is 4. The Kier molecular flexibility index (Phi) is 7.25. The molecule has 0 aliphatic rings. The van der Waals surface area contributed by atoms with Crippen LogP contribution in [-0.4, -0.2) is 19.5 Å². The predicted molar refractivity (Wildman–Crippen MR) is 260 cm³/mol. The Balaban J connectivity index is 1.20. The minimum Gasteiger partial charge on any atom is -0.308 e. The van der Waals surface area contributed by atoms with Crippen molar-refractivity contribution in [2.45, 2.75) is 0 Å². The molecule has 0 aliphatic heterocycles.